The fraction of sp³-hybridized carbons (Fsp3) is 0.556. The molecule has 0 aromatic carbocycles. The van der Waals surface area contributed by atoms with Crippen molar-refractivity contribution in [3.8, 4) is 0 Å². The van der Waals surface area contributed by atoms with Crippen molar-refractivity contribution in [2.75, 3.05) is 19.6 Å². The monoisotopic (exact) mass is 650 g/mol. The Morgan fingerprint density at radius 3 is 2.16 bits per heavy atom. The number of likely N-dealkylation sites (tertiary alicyclic amines) is 1. The van der Waals surface area contributed by atoms with Crippen molar-refractivity contribution >= 4 is 18.0 Å². The molecule has 1 saturated heterocycles. The average Bonchev–Trinajstić information content (AvgIpc) is 3.54. The standard InChI is InChI=1S/C23H30N6O2.2C2HF3O2/c1-16(2)25-22(31)28-10-6-23(15-28)7-11-29-20(30)18-14-27(9-5-19(18)26-21(23)29)13-17-4-3-8-24-12-17;2*3-2(4,5)1(6)7/h3-4,8,12,16H,5-7,9-11,13-15H2,1-2H3,(H,25,31);2*(H,6,7). The van der Waals surface area contributed by atoms with Crippen LogP contribution >= 0.6 is 0 Å². The number of aromatic nitrogens is 3. The lowest BCUT2D eigenvalue weighted by molar-refractivity contribution is -0.193. The van der Waals surface area contributed by atoms with Crippen molar-refractivity contribution in [3.63, 3.8) is 0 Å². The number of carboxylic acid groups (broad SMARTS) is 2. The number of urea groups is 1. The van der Waals surface area contributed by atoms with E-state index in [1.807, 2.05) is 35.6 Å². The van der Waals surface area contributed by atoms with E-state index in [2.05, 4.69) is 21.3 Å². The van der Waals surface area contributed by atoms with Crippen LogP contribution in [0.2, 0.25) is 0 Å². The molecule has 5 heterocycles. The van der Waals surface area contributed by atoms with Crippen LogP contribution in [0.3, 0.4) is 0 Å². The Morgan fingerprint density at radius 1 is 1.02 bits per heavy atom. The van der Waals surface area contributed by atoms with Gasteiger partial charge in [0.15, 0.2) is 0 Å². The first-order valence-corrected chi connectivity index (χ1v) is 13.7. The summed E-state index contributed by atoms with van der Waals surface area (Å²) in [4.78, 5) is 57.1. The van der Waals surface area contributed by atoms with E-state index in [0.29, 0.717) is 26.2 Å². The number of nitrogens with one attached hydrogen (secondary N) is 1. The van der Waals surface area contributed by atoms with Gasteiger partial charge in [0, 0.05) is 69.5 Å². The summed E-state index contributed by atoms with van der Waals surface area (Å²) in [5.41, 5.74) is 2.87. The summed E-state index contributed by atoms with van der Waals surface area (Å²) in [5, 5.41) is 17.2. The van der Waals surface area contributed by atoms with Gasteiger partial charge in [-0.1, -0.05) is 6.07 Å². The summed E-state index contributed by atoms with van der Waals surface area (Å²) in [6, 6.07) is 4.11. The number of hydrogen-bond acceptors (Lipinski definition) is 7. The molecular formula is C27H32F6N6O6. The van der Waals surface area contributed by atoms with E-state index < -0.39 is 24.3 Å². The maximum Gasteiger partial charge on any atom is 0.490 e. The lowest BCUT2D eigenvalue weighted by Gasteiger charge is -2.29. The quantitative estimate of drug-likeness (QED) is 0.425. The van der Waals surface area contributed by atoms with Gasteiger partial charge in [-0.15, -0.1) is 0 Å². The molecule has 3 aliphatic rings. The third kappa shape index (κ3) is 8.92. The van der Waals surface area contributed by atoms with E-state index in [1.165, 1.54) is 0 Å². The number of carbonyl (C=O) groups excluding carboxylic acids is 1. The molecular weight excluding hydrogens is 618 g/mol. The lowest BCUT2D eigenvalue weighted by Crippen LogP contribution is -2.43. The lowest BCUT2D eigenvalue weighted by atomic mass is 9.85. The zero-order valence-corrected chi connectivity index (χ0v) is 24.3. The van der Waals surface area contributed by atoms with Gasteiger partial charge in [-0.3, -0.25) is 19.2 Å². The Hall–Kier alpha value is -4.22. The number of carbonyl (C=O) groups is 3. The van der Waals surface area contributed by atoms with Crippen LogP contribution in [-0.4, -0.2) is 90.5 Å². The second-order valence-electron chi connectivity index (χ2n) is 11.1. The topological polar surface area (TPSA) is 158 Å². The Labute approximate surface area is 252 Å². The SMILES string of the molecule is CC(C)NC(=O)N1CCC2(CCn3c2nc2c(c3=O)CN(Cc3cccnc3)CC2)C1.O=C(O)C(F)(F)F.O=C(O)C(F)(F)F. The van der Waals surface area contributed by atoms with Crippen LogP contribution in [0, 0.1) is 0 Å². The number of halogens is 6. The summed E-state index contributed by atoms with van der Waals surface area (Å²) in [6.07, 6.45) is -3.97. The van der Waals surface area contributed by atoms with Crippen molar-refractivity contribution in [2.45, 2.75) is 76.6 Å². The molecule has 0 radical (unpaired) electrons. The number of nitrogens with zero attached hydrogens (tertiary/aromatic N) is 5. The maximum absolute atomic E-state index is 13.4. The molecule has 5 rings (SSSR count). The van der Waals surface area contributed by atoms with Crippen LogP contribution < -0.4 is 10.9 Å². The van der Waals surface area contributed by atoms with Crippen molar-refractivity contribution in [1.82, 2.24) is 29.7 Å². The summed E-state index contributed by atoms with van der Waals surface area (Å²) < 4.78 is 65.4. The maximum atomic E-state index is 13.4. The van der Waals surface area contributed by atoms with Crippen LogP contribution in [0.5, 0.6) is 0 Å². The van der Waals surface area contributed by atoms with Gasteiger partial charge >= 0.3 is 30.3 Å². The third-order valence-corrected chi connectivity index (χ3v) is 7.35. The number of carboxylic acids is 2. The van der Waals surface area contributed by atoms with Crippen molar-refractivity contribution in [1.29, 1.82) is 0 Å². The molecule has 0 aliphatic carbocycles. The highest BCUT2D eigenvalue weighted by molar-refractivity contribution is 5.75. The molecule has 2 aromatic heterocycles. The molecule has 45 heavy (non-hydrogen) atoms. The van der Waals surface area contributed by atoms with Gasteiger partial charge in [-0.25, -0.2) is 19.4 Å². The molecule has 248 valence electrons. The van der Waals surface area contributed by atoms with E-state index in [9.17, 15) is 35.9 Å². The van der Waals surface area contributed by atoms with Gasteiger partial charge in [0.1, 0.15) is 5.82 Å². The van der Waals surface area contributed by atoms with Crippen LogP contribution in [0.15, 0.2) is 29.3 Å². The number of alkyl halides is 6. The largest absolute Gasteiger partial charge is 0.490 e. The highest BCUT2D eigenvalue weighted by Crippen LogP contribution is 2.41. The number of fused-ring (bicyclic) bond motifs is 3. The van der Waals surface area contributed by atoms with Crippen LogP contribution in [-0.2, 0) is 41.1 Å². The third-order valence-electron chi connectivity index (χ3n) is 7.35. The second-order valence-corrected chi connectivity index (χ2v) is 11.1. The molecule has 2 aromatic rings. The van der Waals surface area contributed by atoms with E-state index in [-0.39, 0.29) is 23.0 Å². The van der Waals surface area contributed by atoms with Gasteiger partial charge in [-0.05, 0) is 38.3 Å². The predicted molar refractivity (Wildman–Crippen MR) is 144 cm³/mol. The Morgan fingerprint density at radius 2 is 1.62 bits per heavy atom. The van der Waals surface area contributed by atoms with E-state index >= 15 is 0 Å². The molecule has 1 spiro atoms. The number of pyridine rings is 1. The fourth-order valence-electron chi connectivity index (χ4n) is 5.28. The minimum atomic E-state index is -5.08. The zero-order chi connectivity index (χ0) is 33.7. The Bertz CT molecular complexity index is 1420. The molecule has 0 bridgehead atoms. The van der Waals surface area contributed by atoms with Crippen molar-refractivity contribution in [2.24, 2.45) is 0 Å². The van der Waals surface area contributed by atoms with Gasteiger partial charge in [0.05, 0.1) is 11.3 Å². The first-order valence-electron chi connectivity index (χ1n) is 13.7. The Balaban J connectivity index is 0.000000331. The predicted octanol–water partition coefficient (Wildman–Crippen LogP) is 2.93. The first kappa shape index (κ1) is 35.3. The molecule has 3 aliphatic heterocycles. The van der Waals surface area contributed by atoms with Crippen molar-refractivity contribution in [3.05, 3.63) is 57.5 Å². The minimum Gasteiger partial charge on any atom is -0.475 e. The molecule has 12 nitrogen and oxygen atoms in total. The summed E-state index contributed by atoms with van der Waals surface area (Å²) in [5.74, 6) is -4.61. The van der Waals surface area contributed by atoms with Crippen LogP contribution in [0.1, 0.15) is 49.3 Å². The fourth-order valence-corrected chi connectivity index (χ4v) is 5.28. The molecule has 1 unspecified atom stereocenters. The normalized spacial score (nSPS) is 19.2. The first-order chi connectivity index (χ1) is 20.8. The number of hydrogen-bond donors (Lipinski definition) is 3. The number of amides is 2. The highest BCUT2D eigenvalue weighted by atomic mass is 19.4. The van der Waals surface area contributed by atoms with E-state index in [0.717, 1.165) is 55.0 Å². The van der Waals surface area contributed by atoms with Gasteiger partial charge < -0.3 is 20.4 Å². The molecule has 3 N–H and O–H groups in total. The molecule has 1 fully saturated rings. The van der Waals surface area contributed by atoms with Crippen LogP contribution in [0.4, 0.5) is 31.1 Å². The highest BCUT2D eigenvalue weighted by Gasteiger charge is 2.48. The molecule has 0 saturated carbocycles. The Kier molecular flexibility index (Phi) is 10.8. The zero-order valence-electron chi connectivity index (χ0n) is 24.3. The molecule has 2 amide bonds. The van der Waals surface area contributed by atoms with Crippen LogP contribution in [0.25, 0.3) is 0 Å². The molecule has 1 atom stereocenters. The average molecular weight is 651 g/mol. The van der Waals surface area contributed by atoms with Gasteiger partial charge in [-0.2, -0.15) is 26.3 Å². The van der Waals surface area contributed by atoms with Crippen molar-refractivity contribution < 1.29 is 50.9 Å². The summed E-state index contributed by atoms with van der Waals surface area (Å²) in [6.45, 7) is 8.29. The van der Waals surface area contributed by atoms with Gasteiger partial charge in [0.25, 0.3) is 5.56 Å². The number of rotatable bonds is 3. The second kappa shape index (κ2) is 13.8. The summed E-state index contributed by atoms with van der Waals surface area (Å²) in [7, 11) is 0. The minimum absolute atomic E-state index is 0.0170. The number of aliphatic carboxylic acids is 2. The van der Waals surface area contributed by atoms with E-state index in [4.69, 9.17) is 24.8 Å². The van der Waals surface area contributed by atoms with E-state index in [1.54, 1.807) is 6.20 Å². The summed E-state index contributed by atoms with van der Waals surface area (Å²) >= 11 is 0. The molecule has 18 heteroatoms. The van der Waals surface area contributed by atoms with Gasteiger partial charge in [0.2, 0.25) is 0 Å². The smallest absolute Gasteiger partial charge is 0.475 e.